The van der Waals surface area contributed by atoms with Crippen molar-refractivity contribution in [3.63, 3.8) is 0 Å². The van der Waals surface area contributed by atoms with E-state index in [0.717, 1.165) is 5.56 Å². The molecule has 0 atom stereocenters. The van der Waals surface area contributed by atoms with E-state index in [1.165, 1.54) is 12.1 Å². The Bertz CT molecular complexity index is 550. The lowest BCUT2D eigenvalue weighted by Gasteiger charge is -2.05. The third kappa shape index (κ3) is 3.01. The Hall–Kier alpha value is -2.11. The van der Waals surface area contributed by atoms with E-state index in [0.29, 0.717) is 11.4 Å². The SMILES string of the molecule is CC(C)n1cc(N)c(-c2ccc(OC(F)F)cc2)n1. The van der Waals surface area contributed by atoms with E-state index in [1.54, 1.807) is 23.0 Å². The number of benzene rings is 1. The molecule has 2 rings (SSSR count). The molecule has 1 aromatic carbocycles. The van der Waals surface area contributed by atoms with Gasteiger partial charge in [-0.15, -0.1) is 0 Å². The maximum Gasteiger partial charge on any atom is 0.387 e. The molecule has 0 aliphatic rings. The average Bonchev–Trinajstić information content (AvgIpc) is 2.72. The van der Waals surface area contributed by atoms with Gasteiger partial charge < -0.3 is 10.5 Å². The first-order chi connectivity index (χ1) is 8.97. The molecule has 19 heavy (non-hydrogen) atoms. The molecule has 0 aliphatic heterocycles. The number of nitrogen functional groups attached to an aromatic ring is 1. The number of anilines is 1. The fourth-order valence-corrected chi connectivity index (χ4v) is 1.69. The Labute approximate surface area is 109 Å². The number of rotatable bonds is 4. The van der Waals surface area contributed by atoms with E-state index in [-0.39, 0.29) is 11.8 Å². The molecular formula is C13H15F2N3O. The van der Waals surface area contributed by atoms with Crippen LogP contribution < -0.4 is 10.5 Å². The number of nitrogens with zero attached hydrogens (tertiary/aromatic N) is 2. The summed E-state index contributed by atoms with van der Waals surface area (Å²) >= 11 is 0. The molecule has 2 N–H and O–H groups in total. The van der Waals surface area contributed by atoms with Crippen LogP contribution in [0.3, 0.4) is 0 Å². The largest absolute Gasteiger partial charge is 0.435 e. The molecule has 6 heteroatoms. The Morgan fingerprint density at radius 3 is 2.32 bits per heavy atom. The van der Waals surface area contributed by atoms with Crippen molar-refractivity contribution in [1.82, 2.24) is 9.78 Å². The first kappa shape index (κ1) is 13.3. The molecule has 0 radical (unpaired) electrons. The summed E-state index contributed by atoms with van der Waals surface area (Å²) < 4.78 is 30.1. The van der Waals surface area contributed by atoms with Crippen molar-refractivity contribution >= 4 is 5.69 Å². The summed E-state index contributed by atoms with van der Waals surface area (Å²) in [5, 5.41) is 4.37. The van der Waals surface area contributed by atoms with Crippen molar-refractivity contribution in [1.29, 1.82) is 0 Å². The minimum absolute atomic E-state index is 0.112. The van der Waals surface area contributed by atoms with Gasteiger partial charge in [0.05, 0.1) is 5.69 Å². The number of hydrogen-bond acceptors (Lipinski definition) is 3. The summed E-state index contributed by atoms with van der Waals surface area (Å²) in [5.74, 6) is 0.112. The van der Waals surface area contributed by atoms with Gasteiger partial charge in [-0.3, -0.25) is 4.68 Å². The van der Waals surface area contributed by atoms with E-state index < -0.39 is 6.61 Å². The topological polar surface area (TPSA) is 53.1 Å². The van der Waals surface area contributed by atoms with Gasteiger partial charge in [-0.1, -0.05) is 0 Å². The highest BCUT2D eigenvalue weighted by Crippen LogP contribution is 2.27. The number of nitrogens with two attached hydrogens (primary N) is 1. The fourth-order valence-electron chi connectivity index (χ4n) is 1.69. The van der Waals surface area contributed by atoms with Crippen LogP contribution in [0.4, 0.5) is 14.5 Å². The smallest absolute Gasteiger partial charge is 0.387 e. The molecule has 0 amide bonds. The van der Waals surface area contributed by atoms with Gasteiger partial charge in [-0.25, -0.2) is 0 Å². The van der Waals surface area contributed by atoms with Crippen LogP contribution in [-0.2, 0) is 0 Å². The molecule has 102 valence electrons. The highest BCUT2D eigenvalue weighted by atomic mass is 19.3. The zero-order chi connectivity index (χ0) is 14.0. The number of alkyl halides is 2. The van der Waals surface area contributed by atoms with E-state index >= 15 is 0 Å². The van der Waals surface area contributed by atoms with Crippen LogP contribution in [0, 0.1) is 0 Å². The third-order valence-corrected chi connectivity index (χ3v) is 2.64. The number of ether oxygens (including phenoxy) is 1. The van der Waals surface area contributed by atoms with Crippen LogP contribution in [0.15, 0.2) is 30.5 Å². The first-order valence-electron chi connectivity index (χ1n) is 5.87. The molecule has 1 heterocycles. The van der Waals surface area contributed by atoms with Gasteiger partial charge in [0.25, 0.3) is 0 Å². The molecule has 1 aromatic heterocycles. The van der Waals surface area contributed by atoms with Crippen molar-refractivity contribution in [3.8, 4) is 17.0 Å². The van der Waals surface area contributed by atoms with Gasteiger partial charge in [0.2, 0.25) is 0 Å². The molecule has 0 bridgehead atoms. The predicted octanol–water partition coefficient (Wildman–Crippen LogP) is 3.31. The zero-order valence-electron chi connectivity index (χ0n) is 10.7. The molecule has 2 aromatic rings. The quantitative estimate of drug-likeness (QED) is 0.924. The molecule has 0 unspecified atom stereocenters. The number of hydrogen-bond donors (Lipinski definition) is 1. The summed E-state index contributed by atoms with van der Waals surface area (Å²) in [7, 11) is 0. The number of aromatic nitrogens is 2. The molecular weight excluding hydrogens is 252 g/mol. The van der Waals surface area contributed by atoms with Crippen molar-refractivity contribution in [2.75, 3.05) is 5.73 Å². The van der Waals surface area contributed by atoms with Crippen LogP contribution in [0.25, 0.3) is 11.3 Å². The van der Waals surface area contributed by atoms with Crippen molar-refractivity contribution in [2.24, 2.45) is 0 Å². The van der Waals surface area contributed by atoms with Crippen LogP contribution in [-0.4, -0.2) is 16.4 Å². The maximum absolute atomic E-state index is 12.0. The van der Waals surface area contributed by atoms with Gasteiger partial charge in [-0.2, -0.15) is 13.9 Å². The van der Waals surface area contributed by atoms with Crippen LogP contribution >= 0.6 is 0 Å². The van der Waals surface area contributed by atoms with Crippen LogP contribution in [0.5, 0.6) is 5.75 Å². The highest BCUT2D eigenvalue weighted by Gasteiger charge is 2.11. The van der Waals surface area contributed by atoms with Crippen molar-refractivity contribution < 1.29 is 13.5 Å². The van der Waals surface area contributed by atoms with E-state index in [1.807, 2.05) is 13.8 Å². The summed E-state index contributed by atoms with van der Waals surface area (Å²) in [6.07, 6.45) is 1.75. The van der Waals surface area contributed by atoms with Crippen molar-refractivity contribution in [3.05, 3.63) is 30.5 Å². The predicted molar refractivity (Wildman–Crippen MR) is 69.1 cm³/mol. The normalized spacial score (nSPS) is 11.3. The van der Waals surface area contributed by atoms with Gasteiger partial charge in [0, 0.05) is 17.8 Å². The molecule has 0 fully saturated rings. The lowest BCUT2D eigenvalue weighted by Crippen LogP contribution is -2.02. The minimum atomic E-state index is -2.82. The Kier molecular flexibility index (Phi) is 3.69. The average molecular weight is 267 g/mol. The van der Waals surface area contributed by atoms with E-state index in [4.69, 9.17) is 5.73 Å². The van der Waals surface area contributed by atoms with E-state index in [9.17, 15) is 8.78 Å². The van der Waals surface area contributed by atoms with Crippen LogP contribution in [0.1, 0.15) is 19.9 Å². The summed E-state index contributed by atoms with van der Waals surface area (Å²) in [6.45, 7) is 1.17. The molecule has 0 saturated heterocycles. The van der Waals surface area contributed by atoms with Crippen LogP contribution in [0.2, 0.25) is 0 Å². The summed E-state index contributed by atoms with van der Waals surface area (Å²) in [5.41, 5.74) is 7.85. The highest BCUT2D eigenvalue weighted by molar-refractivity contribution is 5.72. The second-order valence-electron chi connectivity index (χ2n) is 4.41. The molecule has 0 aliphatic carbocycles. The lowest BCUT2D eigenvalue weighted by atomic mass is 10.1. The second kappa shape index (κ2) is 5.26. The maximum atomic E-state index is 12.0. The summed E-state index contributed by atoms with van der Waals surface area (Å²) in [4.78, 5) is 0. The fraction of sp³-hybridized carbons (Fsp3) is 0.308. The standard InChI is InChI=1S/C13H15F2N3O/c1-8(2)18-7-11(16)12(17-18)9-3-5-10(6-4-9)19-13(14)15/h3-8,13H,16H2,1-2H3. The lowest BCUT2D eigenvalue weighted by molar-refractivity contribution is -0.0498. The molecule has 0 saturated carbocycles. The Balaban J connectivity index is 2.27. The van der Waals surface area contributed by atoms with E-state index in [2.05, 4.69) is 9.84 Å². The van der Waals surface area contributed by atoms with Gasteiger partial charge >= 0.3 is 6.61 Å². The zero-order valence-corrected chi connectivity index (χ0v) is 10.7. The van der Waals surface area contributed by atoms with Crippen molar-refractivity contribution in [2.45, 2.75) is 26.5 Å². The van der Waals surface area contributed by atoms with Gasteiger partial charge in [0.15, 0.2) is 0 Å². The second-order valence-corrected chi connectivity index (χ2v) is 4.41. The first-order valence-corrected chi connectivity index (χ1v) is 5.87. The minimum Gasteiger partial charge on any atom is -0.435 e. The molecule has 0 spiro atoms. The third-order valence-electron chi connectivity index (χ3n) is 2.64. The Morgan fingerprint density at radius 1 is 1.21 bits per heavy atom. The monoisotopic (exact) mass is 267 g/mol. The summed E-state index contributed by atoms with van der Waals surface area (Å²) in [6, 6.07) is 6.45. The molecule has 4 nitrogen and oxygen atoms in total. The Morgan fingerprint density at radius 2 is 1.84 bits per heavy atom. The number of halogens is 2. The van der Waals surface area contributed by atoms with Gasteiger partial charge in [-0.05, 0) is 38.1 Å². The van der Waals surface area contributed by atoms with Gasteiger partial charge in [0.1, 0.15) is 11.4 Å².